The third kappa shape index (κ3) is 7.07. The van der Waals surface area contributed by atoms with Crippen molar-refractivity contribution in [2.45, 2.75) is 11.6 Å². The second kappa shape index (κ2) is 10.5. The first kappa shape index (κ1) is 21.5. The second-order valence-electron chi connectivity index (χ2n) is 5.42. The summed E-state index contributed by atoms with van der Waals surface area (Å²) < 4.78 is 13.1. The lowest BCUT2D eigenvalue weighted by Gasteiger charge is -2.28. The molecule has 3 aromatic rings. The van der Waals surface area contributed by atoms with Crippen molar-refractivity contribution in [2.24, 2.45) is 0 Å². The van der Waals surface area contributed by atoms with Gasteiger partial charge in [0.25, 0.3) is 5.09 Å². The normalized spacial score (nSPS) is 12.4. The zero-order valence-electron chi connectivity index (χ0n) is 14.5. The van der Waals surface area contributed by atoms with Crippen molar-refractivity contribution in [2.75, 3.05) is 6.79 Å². The molecule has 8 nitrogen and oxygen atoms in total. The molecule has 148 valence electrons. The number of rotatable bonds is 7. The Morgan fingerprint density at radius 2 is 1.82 bits per heavy atom. The van der Waals surface area contributed by atoms with Crippen LogP contribution in [0, 0.1) is 10.1 Å². The predicted molar refractivity (Wildman–Crippen MR) is 103 cm³/mol. The molecule has 1 unspecified atom stereocenters. The topological polar surface area (TPSA) is 99.7 Å². The number of para-hydroxylation sites is 1. The summed E-state index contributed by atoms with van der Waals surface area (Å²) in [6.45, 7) is 0.0132. The molecule has 0 spiro atoms. The SMILES string of the molecule is Clc1ccc(CC(Cl)(OCOc2ccccc2)n2ccnc2)cc1.O=[N+]([O-])O. The maximum Gasteiger partial charge on any atom is 0.291 e. The van der Waals surface area contributed by atoms with Crippen molar-refractivity contribution in [3.05, 3.63) is 94.0 Å². The van der Waals surface area contributed by atoms with Gasteiger partial charge >= 0.3 is 0 Å². The van der Waals surface area contributed by atoms with Gasteiger partial charge in [0.15, 0.2) is 6.79 Å². The number of hydrogen-bond donors (Lipinski definition) is 1. The first-order chi connectivity index (χ1) is 13.4. The van der Waals surface area contributed by atoms with Crippen LogP contribution in [0.1, 0.15) is 5.56 Å². The number of alkyl halides is 1. The molecule has 10 heteroatoms. The van der Waals surface area contributed by atoms with Crippen LogP contribution in [0.25, 0.3) is 0 Å². The highest BCUT2D eigenvalue weighted by Crippen LogP contribution is 2.29. The summed E-state index contributed by atoms with van der Waals surface area (Å²) in [7, 11) is 0. The van der Waals surface area contributed by atoms with Crippen LogP contribution in [0.3, 0.4) is 0 Å². The Bertz CT molecular complexity index is 843. The van der Waals surface area contributed by atoms with Crippen LogP contribution >= 0.6 is 23.2 Å². The van der Waals surface area contributed by atoms with Crippen molar-refractivity contribution in [1.82, 2.24) is 9.55 Å². The van der Waals surface area contributed by atoms with Gasteiger partial charge in [-0.2, -0.15) is 0 Å². The van der Waals surface area contributed by atoms with E-state index in [1.165, 1.54) is 0 Å². The molecule has 3 rings (SSSR count). The molecule has 0 aliphatic heterocycles. The first-order valence-electron chi connectivity index (χ1n) is 7.96. The summed E-state index contributed by atoms with van der Waals surface area (Å²) in [6, 6.07) is 16.9. The Balaban J connectivity index is 0.000000640. The van der Waals surface area contributed by atoms with Crippen LogP contribution in [-0.2, 0) is 16.3 Å². The average molecular weight is 426 g/mol. The zero-order chi connectivity index (χ0) is 20.4. The number of ether oxygens (including phenoxy) is 2. The Labute approximate surface area is 171 Å². The predicted octanol–water partition coefficient (Wildman–Crippen LogP) is 4.33. The molecule has 0 fully saturated rings. The lowest BCUT2D eigenvalue weighted by atomic mass is 10.1. The highest BCUT2D eigenvalue weighted by molar-refractivity contribution is 6.30. The van der Waals surface area contributed by atoms with E-state index in [1.807, 2.05) is 54.6 Å². The van der Waals surface area contributed by atoms with Crippen LogP contribution in [0.15, 0.2) is 73.3 Å². The number of benzene rings is 2. The standard InChI is InChI=1S/C18H16Cl2N2O2.HNO3/c19-16-8-6-15(7-9-16)12-18(20,22-11-10-21-13-22)24-14-23-17-4-2-1-3-5-17;2-1(3)4/h1-11,13H,12,14H2;(H,2,3,4). The van der Waals surface area contributed by atoms with Crippen LogP contribution < -0.4 is 4.74 Å². The minimum atomic E-state index is -1.50. The summed E-state index contributed by atoms with van der Waals surface area (Å²) in [4.78, 5) is 12.4. The summed E-state index contributed by atoms with van der Waals surface area (Å²) >= 11 is 12.7. The fraction of sp³-hybridized carbons (Fsp3) is 0.167. The van der Waals surface area contributed by atoms with Gasteiger partial charge in [-0.25, -0.2) is 4.98 Å². The van der Waals surface area contributed by atoms with Gasteiger partial charge in [0, 0.05) is 23.8 Å². The quantitative estimate of drug-likeness (QED) is 0.261. The largest absolute Gasteiger partial charge is 0.467 e. The Hall–Kier alpha value is -2.81. The van der Waals surface area contributed by atoms with Crippen LogP contribution in [0.5, 0.6) is 5.75 Å². The molecule has 0 bridgehead atoms. The third-order valence-corrected chi connectivity index (χ3v) is 4.16. The summed E-state index contributed by atoms with van der Waals surface area (Å²) in [6.07, 6.45) is 5.46. The average Bonchev–Trinajstić information content (AvgIpc) is 3.20. The first-order valence-corrected chi connectivity index (χ1v) is 8.71. The summed E-state index contributed by atoms with van der Waals surface area (Å²) in [5.74, 6) is 0.716. The van der Waals surface area contributed by atoms with Crippen molar-refractivity contribution in [1.29, 1.82) is 0 Å². The third-order valence-electron chi connectivity index (χ3n) is 3.47. The maximum atomic E-state index is 8.36. The minimum Gasteiger partial charge on any atom is -0.467 e. The van der Waals surface area contributed by atoms with Gasteiger partial charge in [-0.1, -0.05) is 53.5 Å². The van der Waals surface area contributed by atoms with E-state index in [0.29, 0.717) is 17.2 Å². The minimum absolute atomic E-state index is 0.0132. The monoisotopic (exact) mass is 425 g/mol. The fourth-order valence-corrected chi connectivity index (χ4v) is 2.66. The van der Waals surface area contributed by atoms with E-state index in [1.54, 1.807) is 23.3 Å². The van der Waals surface area contributed by atoms with Gasteiger partial charge in [-0.15, -0.1) is 10.1 Å². The van der Waals surface area contributed by atoms with E-state index in [4.69, 9.17) is 48.0 Å². The molecule has 1 aromatic heterocycles. The smallest absolute Gasteiger partial charge is 0.291 e. The van der Waals surface area contributed by atoms with E-state index in [0.717, 1.165) is 5.56 Å². The Morgan fingerprint density at radius 3 is 2.39 bits per heavy atom. The summed E-state index contributed by atoms with van der Waals surface area (Å²) in [5, 5.41) is 13.2. The van der Waals surface area contributed by atoms with Gasteiger partial charge < -0.3 is 14.7 Å². The highest BCUT2D eigenvalue weighted by Gasteiger charge is 2.31. The molecule has 0 aliphatic carbocycles. The lowest BCUT2D eigenvalue weighted by Crippen LogP contribution is -2.33. The highest BCUT2D eigenvalue weighted by atomic mass is 35.5. The lowest BCUT2D eigenvalue weighted by molar-refractivity contribution is -0.742. The van der Waals surface area contributed by atoms with Crippen molar-refractivity contribution in [3.63, 3.8) is 0 Å². The fourth-order valence-electron chi connectivity index (χ4n) is 2.23. The van der Waals surface area contributed by atoms with E-state index >= 15 is 0 Å². The van der Waals surface area contributed by atoms with Crippen LogP contribution in [-0.4, -0.2) is 26.6 Å². The molecule has 28 heavy (non-hydrogen) atoms. The maximum absolute atomic E-state index is 8.36. The zero-order valence-corrected chi connectivity index (χ0v) is 16.0. The van der Waals surface area contributed by atoms with Gasteiger partial charge in [-0.05, 0) is 29.8 Å². The van der Waals surface area contributed by atoms with Crippen LogP contribution in [0.2, 0.25) is 5.02 Å². The van der Waals surface area contributed by atoms with Crippen molar-refractivity contribution >= 4 is 23.2 Å². The number of aromatic nitrogens is 2. The Morgan fingerprint density at radius 1 is 1.18 bits per heavy atom. The molecule has 0 amide bonds. The van der Waals surface area contributed by atoms with Gasteiger partial charge in [0.2, 0.25) is 5.18 Å². The number of hydrogen-bond acceptors (Lipinski definition) is 5. The number of halogens is 2. The summed E-state index contributed by atoms with van der Waals surface area (Å²) in [5.41, 5.74) is 0.989. The molecule has 0 saturated carbocycles. The van der Waals surface area contributed by atoms with E-state index < -0.39 is 10.3 Å². The van der Waals surface area contributed by atoms with Crippen molar-refractivity contribution < 1.29 is 19.8 Å². The Kier molecular flexibility index (Phi) is 8.06. The molecule has 1 N–H and O–H groups in total. The van der Waals surface area contributed by atoms with Gasteiger partial charge in [0.1, 0.15) is 5.75 Å². The van der Waals surface area contributed by atoms with Gasteiger partial charge in [-0.3, -0.25) is 4.57 Å². The van der Waals surface area contributed by atoms with E-state index in [-0.39, 0.29) is 6.79 Å². The molecule has 2 aromatic carbocycles. The molecule has 0 radical (unpaired) electrons. The van der Waals surface area contributed by atoms with Crippen molar-refractivity contribution in [3.8, 4) is 5.75 Å². The van der Waals surface area contributed by atoms with Gasteiger partial charge in [0.05, 0.1) is 6.33 Å². The molecule has 1 atom stereocenters. The molecule has 0 aliphatic rings. The van der Waals surface area contributed by atoms with Crippen LogP contribution in [0.4, 0.5) is 0 Å². The molecular weight excluding hydrogens is 409 g/mol. The molecule has 1 heterocycles. The molecular formula is C18H17Cl2N3O5. The van der Waals surface area contributed by atoms with E-state index in [9.17, 15) is 0 Å². The second-order valence-corrected chi connectivity index (χ2v) is 6.45. The number of nitrogens with zero attached hydrogens (tertiary/aromatic N) is 3. The van der Waals surface area contributed by atoms with E-state index in [2.05, 4.69) is 4.98 Å². The number of imidazole rings is 1. The molecule has 0 saturated heterocycles.